The number of nitrogens with one attached hydrogen (secondary N) is 1. The van der Waals surface area contributed by atoms with E-state index in [1.807, 2.05) is 24.5 Å². The van der Waals surface area contributed by atoms with E-state index in [4.69, 9.17) is 5.73 Å². The number of fused-ring (bicyclic) bond motifs is 3. The van der Waals surface area contributed by atoms with Crippen LogP contribution in [0.5, 0.6) is 0 Å². The Kier molecular flexibility index (Phi) is 19.2. The molecular weight excluding hydrogens is 557 g/mol. The minimum atomic E-state index is 0. The molecule has 30 heavy (non-hydrogen) atoms. The minimum Gasteiger partial charge on any atom is -0.674 e. The van der Waals surface area contributed by atoms with E-state index in [1.54, 1.807) is 0 Å². The number of aryl methyl sites for hydroxylation is 1. The Bertz CT molecular complexity index is 820. The van der Waals surface area contributed by atoms with Gasteiger partial charge in [0, 0.05) is 23.2 Å². The number of benzene rings is 1. The molecular formula is C24H39N3O2Pt. The van der Waals surface area contributed by atoms with Crippen molar-refractivity contribution in [3.63, 3.8) is 0 Å². The Hall–Kier alpha value is -1.39. The summed E-state index contributed by atoms with van der Waals surface area (Å²) in [7, 11) is 0. The Balaban J connectivity index is -0.000000424. The van der Waals surface area contributed by atoms with E-state index < -0.39 is 0 Å². The van der Waals surface area contributed by atoms with Gasteiger partial charge in [0.25, 0.3) is 0 Å². The zero-order valence-corrected chi connectivity index (χ0v) is 21.2. The molecule has 1 aromatic carbocycles. The van der Waals surface area contributed by atoms with Crippen LogP contribution in [0.25, 0.3) is 27.5 Å². The van der Waals surface area contributed by atoms with E-state index in [0.717, 1.165) is 22.8 Å². The SMILES string of the molecule is CC1CCCCC1[NH-].CCC.Cc1cc2cccnc2c2ncccc12.O.O.[CH3-].[Pt+2]. The van der Waals surface area contributed by atoms with E-state index in [1.165, 1.54) is 36.6 Å². The van der Waals surface area contributed by atoms with Gasteiger partial charge in [-0.3, -0.25) is 9.97 Å². The van der Waals surface area contributed by atoms with E-state index in [2.05, 4.69) is 55.9 Å². The smallest absolute Gasteiger partial charge is 0.674 e. The molecule has 6 heteroatoms. The molecule has 5 nitrogen and oxygen atoms in total. The summed E-state index contributed by atoms with van der Waals surface area (Å²) in [5.74, 6) is 0.670. The summed E-state index contributed by atoms with van der Waals surface area (Å²) in [4.78, 5) is 8.80. The van der Waals surface area contributed by atoms with Crippen LogP contribution in [0.1, 0.15) is 58.4 Å². The van der Waals surface area contributed by atoms with Crippen molar-refractivity contribution in [3.8, 4) is 0 Å². The van der Waals surface area contributed by atoms with Crippen molar-refractivity contribution in [3.05, 3.63) is 61.4 Å². The zero-order chi connectivity index (χ0) is 18.9. The van der Waals surface area contributed by atoms with Gasteiger partial charge in [-0.25, -0.2) is 0 Å². The molecule has 1 fully saturated rings. The first kappa shape index (κ1) is 33.3. The third-order valence-electron chi connectivity index (χ3n) is 4.78. The number of hydrogen-bond donors (Lipinski definition) is 0. The first-order chi connectivity index (χ1) is 12.6. The van der Waals surface area contributed by atoms with Crippen LogP contribution >= 0.6 is 0 Å². The van der Waals surface area contributed by atoms with Gasteiger partial charge in [-0.05, 0) is 30.7 Å². The maximum absolute atomic E-state index is 7.48. The number of pyridine rings is 2. The van der Waals surface area contributed by atoms with Crippen molar-refractivity contribution in [2.45, 2.75) is 65.8 Å². The number of rotatable bonds is 0. The van der Waals surface area contributed by atoms with Gasteiger partial charge >= 0.3 is 21.1 Å². The molecule has 1 saturated carbocycles. The van der Waals surface area contributed by atoms with Crippen molar-refractivity contribution in [1.82, 2.24) is 9.97 Å². The minimum absolute atomic E-state index is 0. The van der Waals surface area contributed by atoms with Gasteiger partial charge in [-0.2, -0.15) is 0 Å². The molecule has 0 saturated heterocycles. The Morgan fingerprint density at radius 2 is 1.50 bits per heavy atom. The Morgan fingerprint density at radius 1 is 0.967 bits per heavy atom. The summed E-state index contributed by atoms with van der Waals surface area (Å²) in [6.07, 6.45) is 9.95. The summed E-state index contributed by atoms with van der Waals surface area (Å²) in [5.41, 5.74) is 10.7. The van der Waals surface area contributed by atoms with Crippen LogP contribution in [0.3, 0.4) is 0 Å². The standard InChI is InChI=1S/C13H10N2.C7H14N.C3H8.CH3.2H2O.Pt/c1-9-8-10-4-2-6-14-12(10)13-11(9)5-3-7-15-13;1-6-4-2-3-5-7(6)8;1-3-2;;;;/h2-8H,1H3;6-8H,2-5H2,1H3;3H2,1-2H3;1H3;2*1H2;/q;-1;;-1;;;+2. The molecule has 3 aromatic rings. The molecule has 0 aliphatic heterocycles. The van der Waals surface area contributed by atoms with Crippen LogP contribution in [-0.4, -0.2) is 27.0 Å². The Labute approximate surface area is 196 Å². The molecule has 2 unspecified atom stereocenters. The molecule has 0 amide bonds. The van der Waals surface area contributed by atoms with Crippen LogP contribution in [0.15, 0.2) is 42.7 Å². The number of hydrogen-bond acceptors (Lipinski definition) is 2. The summed E-state index contributed by atoms with van der Waals surface area (Å²) < 4.78 is 0. The fraction of sp³-hybridized carbons (Fsp3) is 0.458. The fourth-order valence-corrected chi connectivity index (χ4v) is 3.27. The second-order valence-corrected chi connectivity index (χ2v) is 7.24. The van der Waals surface area contributed by atoms with Crippen molar-refractivity contribution in [1.29, 1.82) is 0 Å². The average Bonchev–Trinajstić information content (AvgIpc) is 2.66. The summed E-state index contributed by atoms with van der Waals surface area (Å²) in [5, 5.41) is 2.34. The van der Waals surface area contributed by atoms with Crippen LogP contribution in [-0.2, 0) is 21.1 Å². The average molecular weight is 597 g/mol. The topological polar surface area (TPSA) is 113 Å². The summed E-state index contributed by atoms with van der Waals surface area (Å²) >= 11 is 0. The van der Waals surface area contributed by atoms with Gasteiger partial charge in [-0.1, -0.05) is 70.9 Å². The fourth-order valence-electron chi connectivity index (χ4n) is 3.27. The van der Waals surface area contributed by atoms with Gasteiger partial charge in [0.2, 0.25) is 0 Å². The number of aromatic nitrogens is 2. The quantitative estimate of drug-likeness (QED) is 0.237. The molecule has 0 spiro atoms. The van der Waals surface area contributed by atoms with Gasteiger partial charge in [0.05, 0.1) is 11.0 Å². The van der Waals surface area contributed by atoms with E-state index >= 15 is 0 Å². The maximum Gasteiger partial charge on any atom is 2.00 e. The van der Waals surface area contributed by atoms with E-state index in [9.17, 15) is 0 Å². The largest absolute Gasteiger partial charge is 2.00 e. The predicted octanol–water partition coefficient (Wildman–Crippen LogP) is 5.92. The molecule has 2 heterocycles. The van der Waals surface area contributed by atoms with Crippen molar-refractivity contribution < 1.29 is 32.0 Å². The molecule has 1 aliphatic carbocycles. The molecule has 4 rings (SSSR count). The molecule has 172 valence electrons. The zero-order valence-electron chi connectivity index (χ0n) is 18.9. The monoisotopic (exact) mass is 596 g/mol. The third-order valence-corrected chi connectivity index (χ3v) is 4.78. The third kappa shape index (κ3) is 9.18. The number of nitrogens with zero attached hydrogens (tertiary/aromatic N) is 2. The van der Waals surface area contributed by atoms with Gasteiger partial charge in [-0.15, -0.1) is 6.04 Å². The second-order valence-electron chi connectivity index (χ2n) is 7.24. The van der Waals surface area contributed by atoms with E-state index in [-0.39, 0.29) is 45.5 Å². The normalized spacial score (nSPS) is 16.7. The molecule has 2 atom stereocenters. The second kappa shape index (κ2) is 17.3. The van der Waals surface area contributed by atoms with Crippen molar-refractivity contribution >= 4 is 21.8 Å². The maximum atomic E-state index is 7.48. The van der Waals surface area contributed by atoms with Crippen LogP contribution in [0.2, 0.25) is 0 Å². The predicted molar refractivity (Wildman–Crippen MR) is 127 cm³/mol. The van der Waals surface area contributed by atoms with Crippen molar-refractivity contribution in [2.24, 2.45) is 5.92 Å². The molecule has 2 aromatic heterocycles. The van der Waals surface area contributed by atoms with E-state index in [0.29, 0.717) is 5.92 Å². The Morgan fingerprint density at radius 3 is 2.03 bits per heavy atom. The molecule has 1 aliphatic rings. The van der Waals surface area contributed by atoms with Gasteiger partial charge < -0.3 is 24.1 Å². The summed E-state index contributed by atoms with van der Waals surface area (Å²) in [6, 6.07) is 10.5. The van der Waals surface area contributed by atoms with Crippen molar-refractivity contribution in [2.75, 3.05) is 0 Å². The summed E-state index contributed by atoms with van der Waals surface area (Å²) in [6.45, 7) is 8.55. The van der Waals surface area contributed by atoms with Crippen LogP contribution in [0.4, 0.5) is 0 Å². The van der Waals surface area contributed by atoms with Gasteiger partial charge in [0.1, 0.15) is 0 Å². The van der Waals surface area contributed by atoms with Crippen LogP contribution in [0, 0.1) is 20.3 Å². The molecule has 0 radical (unpaired) electrons. The first-order valence-corrected chi connectivity index (χ1v) is 9.88. The molecule has 5 N–H and O–H groups in total. The van der Waals surface area contributed by atoms with Crippen LogP contribution < -0.4 is 0 Å². The molecule has 0 bridgehead atoms. The van der Waals surface area contributed by atoms with Gasteiger partial charge in [0.15, 0.2) is 0 Å². The first-order valence-electron chi connectivity index (χ1n) is 9.88.